The lowest BCUT2D eigenvalue weighted by atomic mass is 9.86. The van der Waals surface area contributed by atoms with E-state index in [0.717, 1.165) is 0 Å². The Bertz CT molecular complexity index is 251. The van der Waals surface area contributed by atoms with E-state index < -0.39 is 7.37 Å². The summed E-state index contributed by atoms with van der Waals surface area (Å²) in [5, 5.41) is 0. The van der Waals surface area contributed by atoms with Gasteiger partial charge in [0.05, 0.1) is 0 Å². The molecule has 0 bridgehead atoms. The summed E-state index contributed by atoms with van der Waals surface area (Å²) in [6.45, 7) is 3.11. The Balaban J connectivity index is 2.20. The van der Waals surface area contributed by atoms with E-state index in [4.69, 9.17) is 4.52 Å². The van der Waals surface area contributed by atoms with Gasteiger partial charge in [-0.1, -0.05) is 32.1 Å². The van der Waals surface area contributed by atoms with Crippen molar-refractivity contribution in [2.45, 2.75) is 38.5 Å². The minimum absolute atomic E-state index is 0.0285. The van der Waals surface area contributed by atoms with Gasteiger partial charge in [0.15, 0.2) is 13.2 Å². The lowest BCUT2D eigenvalue weighted by Gasteiger charge is -2.20. The first-order chi connectivity index (χ1) is 6.97. The van der Waals surface area contributed by atoms with E-state index in [1.165, 1.54) is 32.1 Å². The number of ketones is 1. The summed E-state index contributed by atoms with van der Waals surface area (Å²) >= 11 is 0. The molecule has 0 spiro atoms. The third-order valence-electron chi connectivity index (χ3n) is 2.78. The van der Waals surface area contributed by atoms with Crippen molar-refractivity contribution >= 4 is 13.2 Å². The molecule has 1 rings (SSSR count). The molecule has 4 heteroatoms. The highest BCUT2D eigenvalue weighted by Gasteiger charge is 2.18. The second-order valence-electron chi connectivity index (χ2n) is 4.77. The largest absolute Gasteiger partial charge is 0.321 e. The van der Waals surface area contributed by atoms with Crippen LogP contribution in [0.15, 0.2) is 0 Å². The Labute approximate surface area is 92.0 Å². The molecule has 1 fully saturated rings. The van der Waals surface area contributed by atoms with E-state index in [2.05, 4.69) is 0 Å². The lowest BCUT2D eigenvalue weighted by Crippen LogP contribution is -2.15. The van der Waals surface area contributed by atoms with Gasteiger partial charge in [0.2, 0.25) is 0 Å². The zero-order chi connectivity index (χ0) is 11.3. The molecule has 3 nitrogen and oxygen atoms in total. The Morgan fingerprint density at radius 3 is 2.40 bits per heavy atom. The summed E-state index contributed by atoms with van der Waals surface area (Å²) in [5.74, 6) is 0.647. The normalized spacial score (nSPS) is 19.1. The molecule has 0 aromatic rings. The Morgan fingerprint density at radius 1 is 1.27 bits per heavy atom. The molecule has 0 aromatic carbocycles. The summed E-state index contributed by atoms with van der Waals surface area (Å²) in [7, 11) is -2.49. The molecule has 0 aromatic heterocycles. The summed E-state index contributed by atoms with van der Waals surface area (Å²) < 4.78 is 16.3. The highest BCUT2D eigenvalue weighted by atomic mass is 31.2. The number of hydrogen-bond donors (Lipinski definition) is 0. The molecule has 1 aliphatic carbocycles. The van der Waals surface area contributed by atoms with Gasteiger partial charge in [0.25, 0.3) is 0 Å². The van der Waals surface area contributed by atoms with Crippen LogP contribution in [0.25, 0.3) is 0 Å². The molecule has 1 aliphatic rings. The SMILES string of the molecule is CP(C)(=O)OCC(=O)CC1CCCCC1. The molecule has 0 heterocycles. The van der Waals surface area contributed by atoms with Gasteiger partial charge in [-0.3, -0.25) is 9.36 Å². The molecule has 0 N–H and O–H groups in total. The first kappa shape index (κ1) is 12.9. The number of carbonyl (C=O) groups excluding carboxylic acids is 1. The predicted molar refractivity (Wildman–Crippen MR) is 61.6 cm³/mol. The Hall–Kier alpha value is -0.140. The van der Waals surface area contributed by atoms with Crippen LogP contribution in [0.4, 0.5) is 0 Å². The van der Waals surface area contributed by atoms with Crippen molar-refractivity contribution in [1.29, 1.82) is 0 Å². The van der Waals surface area contributed by atoms with Gasteiger partial charge in [-0.2, -0.15) is 0 Å². The maximum Gasteiger partial charge on any atom is 0.197 e. The van der Waals surface area contributed by atoms with E-state index in [9.17, 15) is 9.36 Å². The monoisotopic (exact) mass is 232 g/mol. The molecule has 1 saturated carbocycles. The third kappa shape index (κ3) is 6.11. The van der Waals surface area contributed by atoms with Gasteiger partial charge in [0, 0.05) is 19.8 Å². The van der Waals surface area contributed by atoms with Gasteiger partial charge >= 0.3 is 0 Å². The van der Waals surface area contributed by atoms with Crippen LogP contribution in [0.3, 0.4) is 0 Å². The second-order valence-corrected chi connectivity index (χ2v) is 7.53. The standard InChI is InChI=1S/C11H21O3P/c1-15(2,13)14-9-11(12)8-10-6-4-3-5-7-10/h10H,3-9H2,1-2H3. The Kier molecular flexibility index (Phi) is 5.01. The topological polar surface area (TPSA) is 43.4 Å². The van der Waals surface area contributed by atoms with E-state index in [1.807, 2.05) is 0 Å². The van der Waals surface area contributed by atoms with Crippen LogP contribution in [0, 0.1) is 5.92 Å². The average molecular weight is 232 g/mol. The zero-order valence-electron chi connectivity index (χ0n) is 9.70. The molecular formula is C11H21O3P. The van der Waals surface area contributed by atoms with Crippen LogP contribution < -0.4 is 0 Å². The molecule has 0 saturated heterocycles. The highest BCUT2D eigenvalue weighted by Crippen LogP contribution is 2.37. The van der Waals surface area contributed by atoms with Crippen LogP contribution in [0.5, 0.6) is 0 Å². The third-order valence-corrected chi connectivity index (χ3v) is 3.53. The van der Waals surface area contributed by atoms with Crippen LogP contribution in [-0.4, -0.2) is 25.7 Å². The summed E-state index contributed by atoms with van der Waals surface area (Å²) in [4.78, 5) is 11.5. The molecular weight excluding hydrogens is 211 g/mol. The maximum atomic E-state index is 11.5. The van der Waals surface area contributed by atoms with Crippen molar-refractivity contribution in [3.8, 4) is 0 Å². The first-order valence-corrected chi connectivity index (χ1v) is 8.20. The molecule has 0 amide bonds. The van der Waals surface area contributed by atoms with E-state index >= 15 is 0 Å². The first-order valence-electron chi connectivity index (χ1n) is 5.68. The predicted octanol–water partition coefficient (Wildman–Crippen LogP) is 3.08. The summed E-state index contributed by atoms with van der Waals surface area (Å²) in [5.41, 5.74) is 0. The minimum Gasteiger partial charge on any atom is -0.321 e. The molecule has 0 radical (unpaired) electrons. The van der Waals surface area contributed by atoms with Crippen molar-refractivity contribution in [3.05, 3.63) is 0 Å². The number of rotatable bonds is 5. The molecule has 0 aliphatic heterocycles. The van der Waals surface area contributed by atoms with Crippen molar-refractivity contribution in [1.82, 2.24) is 0 Å². The maximum absolute atomic E-state index is 11.5. The fraction of sp³-hybridized carbons (Fsp3) is 0.909. The van der Waals surface area contributed by atoms with Crippen molar-refractivity contribution < 1.29 is 13.9 Å². The minimum atomic E-state index is -2.49. The molecule has 0 atom stereocenters. The smallest absolute Gasteiger partial charge is 0.197 e. The number of hydrogen-bond acceptors (Lipinski definition) is 3. The second kappa shape index (κ2) is 5.81. The zero-order valence-corrected chi connectivity index (χ0v) is 10.6. The molecule has 0 unspecified atom stereocenters. The fourth-order valence-corrected chi connectivity index (χ4v) is 2.45. The summed E-state index contributed by atoms with van der Waals surface area (Å²) in [6.07, 6.45) is 6.75. The van der Waals surface area contributed by atoms with Gasteiger partial charge in [-0.05, 0) is 5.92 Å². The van der Waals surface area contributed by atoms with Gasteiger partial charge in [-0.15, -0.1) is 0 Å². The van der Waals surface area contributed by atoms with Gasteiger partial charge < -0.3 is 4.52 Å². The van der Waals surface area contributed by atoms with Gasteiger partial charge in [-0.25, -0.2) is 0 Å². The van der Waals surface area contributed by atoms with Crippen molar-refractivity contribution in [2.75, 3.05) is 19.9 Å². The fourth-order valence-electron chi connectivity index (χ4n) is 2.00. The van der Waals surface area contributed by atoms with Crippen LogP contribution in [0.1, 0.15) is 38.5 Å². The molecule has 15 heavy (non-hydrogen) atoms. The highest BCUT2D eigenvalue weighted by molar-refractivity contribution is 7.57. The number of Topliss-reactive ketones (excluding diaryl/α,β-unsaturated/α-hetero) is 1. The van der Waals surface area contributed by atoms with Crippen molar-refractivity contribution in [2.24, 2.45) is 5.92 Å². The van der Waals surface area contributed by atoms with E-state index in [0.29, 0.717) is 12.3 Å². The van der Waals surface area contributed by atoms with E-state index in [1.54, 1.807) is 13.3 Å². The average Bonchev–Trinajstić information content (AvgIpc) is 2.15. The van der Waals surface area contributed by atoms with Crippen LogP contribution in [-0.2, 0) is 13.9 Å². The van der Waals surface area contributed by atoms with Gasteiger partial charge in [0.1, 0.15) is 6.61 Å². The van der Waals surface area contributed by atoms with Crippen molar-refractivity contribution in [3.63, 3.8) is 0 Å². The quantitative estimate of drug-likeness (QED) is 0.684. The molecule has 88 valence electrons. The lowest BCUT2D eigenvalue weighted by molar-refractivity contribution is -0.122. The van der Waals surface area contributed by atoms with Crippen LogP contribution in [0.2, 0.25) is 0 Å². The van der Waals surface area contributed by atoms with Crippen LogP contribution >= 0.6 is 7.37 Å². The Morgan fingerprint density at radius 2 is 1.87 bits per heavy atom. The number of carbonyl (C=O) groups is 1. The van der Waals surface area contributed by atoms with E-state index in [-0.39, 0.29) is 12.4 Å². The summed E-state index contributed by atoms with van der Waals surface area (Å²) in [6, 6.07) is 0.